The maximum absolute atomic E-state index is 12.2. The van der Waals surface area contributed by atoms with E-state index in [1.807, 2.05) is 37.3 Å². The van der Waals surface area contributed by atoms with E-state index in [9.17, 15) is 9.90 Å². The molecular weight excluding hydrogens is 268 g/mol. The molecule has 1 aliphatic rings. The van der Waals surface area contributed by atoms with E-state index in [0.717, 1.165) is 18.4 Å². The first-order valence-corrected chi connectivity index (χ1v) is 8.55. The van der Waals surface area contributed by atoms with E-state index in [1.165, 1.54) is 31.0 Å². The lowest BCUT2D eigenvalue weighted by Gasteiger charge is -2.29. The number of benzene rings is 1. The van der Waals surface area contributed by atoms with Gasteiger partial charge in [0.2, 0.25) is 0 Å². The highest BCUT2D eigenvalue weighted by molar-refractivity contribution is 8.13. The first-order valence-electron chi connectivity index (χ1n) is 7.57. The van der Waals surface area contributed by atoms with Crippen LogP contribution in [0.4, 0.5) is 0 Å². The number of hydrogen-bond acceptors (Lipinski definition) is 3. The van der Waals surface area contributed by atoms with Crippen molar-refractivity contribution in [2.24, 2.45) is 11.8 Å². The van der Waals surface area contributed by atoms with Crippen LogP contribution >= 0.6 is 11.8 Å². The van der Waals surface area contributed by atoms with Gasteiger partial charge >= 0.3 is 0 Å². The van der Waals surface area contributed by atoms with Crippen molar-refractivity contribution in [1.29, 1.82) is 0 Å². The maximum Gasteiger partial charge on any atom is 0.194 e. The molecule has 2 rings (SSSR count). The summed E-state index contributed by atoms with van der Waals surface area (Å²) in [6, 6.07) is 10.0. The number of rotatable bonds is 5. The summed E-state index contributed by atoms with van der Waals surface area (Å²) < 4.78 is 0. The van der Waals surface area contributed by atoms with Crippen molar-refractivity contribution in [3.8, 4) is 0 Å². The molecule has 1 aromatic carbocycles. The zero-order chi connectivity index (χ0) is 14.4. The van der Waals surface area contributed by atoms with Gasteiger partial charge in [-0.3, -0.25) is 4.79 Å². The molecule has 0 amide bonds. The fourth-order valence-electron chi connectivity index (χ4n) is 2.88. The van der Waals surface area contributed by atoms with Gasteiger partial charge < -0.3 is 5.11 Å². The van der Waals surface area contributed by atoms with E-state index in [1.54, 1.807) is 0 Å². The van der Waals surface area contributed by atoms with Gasteiger partial charge in [-0.05, 0) is 24.3 Å². The van der Waals surface area contributed by atoms with Gasteiger partial charge in [0.05, 0.1) is 12.0 Å². The van der Waals surface area contributed by atoms with Crippen molar-refractivity contribution in [2.75, 3.05) is 0 Å². The molecule has 0 aliphatic heterocycles. The van der Waals surface area contributed by atoms with Gasteiger partial charge in [0.15, 0.2) is 5.12 Å². The largest absolute Gasteiger partial charge is 0.392 e. The predicted molar refractivity (Wildman–Crippen MR) is 84.5 cm³/mol. The van der Waals surface area contributed by atoms with Gasteiger partial charge in [-0.25, -0.2) is 0 Å². The number of aliphatic hydroxyl groups is 1. The Balaban J connectivity index is 1.81. The monoisotopic (exact) mass is 292 g/mol. The molecular formula is C17H24O2S. The lowest BCUT2D eigenvalue weighted by Crippen LogP contribution is -2.32. The Kier molecular flexibility index (Phi) is 6.11. The van der Waals surface area contributed by atoms with Gasteiger partial charge in [0, 0.05) is 5.75 Å². The molecule has 1 N–H and O–H groups in total. The summed E-state index contributed by atoms with van der Waals surface area (Å²) >= 11 is 1.33. The summed E-state index contributed by atoms with van der Waals surface area (Å²) in [6.45, 7) is 1.87. The average molecular weight is 292 g/mol. The molecule has 2 nitrogen and oxygen atoms in total. The van der Waals surface area contributed by atoms with Gasteiger partial charge in [-0.15, -0.1) is 0 Å². The maximum atomic E-state index is 12.2. The predicted octanol–water partition coefficient (Wildman–Crippen LogP) is 4.02. The Labute approximate surface area is 126 Å². The molecule has 0 bridgehead atoms. The third kappa shape index (κ3) is 4.35. The molecule has 0 unspecified atom stereocenters. The van der Waals surface area contributed by atoms with Crippen LogP contribution in [0.1, 0.15) is 44.6 Å². The molecule has 1 aliphatic carbocycles. The van der Waals surface area contributed by atoms with Crippen LogP contribution in [-0.4, -0.2) is 16.3 Å². The molecule has 1 fully saturated rings. The van der Waals surface area contributed by atoms with Crippen LogP contribution in [0.5, 0.6) is 0 Å². The molecule has 0 aromatic heterocycles. The van der Waals surface area contributed by atoms with E-state index in [2.05, 4.69) is 0 Å². The van der Waals surface area contributed by atoms with Gasteiger partial charge in [0.1, 0.15) is 0 Å². The smallest absolute Gasteiger partial charge is 0.194 e. The highest BCUT2D eigenvalue weighted by Crippen LogP contribution is 2.31. The molecule has 3 heteroatoms. The molecule has 2 atom stereocenters. The number of thioether (sulfide) groups is 1. The van der Waals surface area contributed by atoms with E-state index in [-0.39, 0.29) is 11.0 Å². The highest BCUT2D eigenvalue weighted by atomic mass is 32.2. The fraction of sp³-hybridized carbons (Fsp3) is 0.588. The minimum absolute atomic E-state index is 0.118. The van der Waals surface area contributed by atoms with Gasteiger partial charge in [-0.1, -0.05) is 68.3 Å². The Bertz CT molecular complexity index is 412. The average Bonchev–Trinajstić information content (AvgIpc) is 2.53. The number of hydrogen-bond donors (Lipinski definition) is 1. The van der Waals surface area contributed by atoms with Crippen LogP contribution in [-0.2, 0) is 10.5 Å². The summed E-state index contributed by atoms with van der Waals surface area (Å²) in [5.41, 5.74) is 1.16. The first-order chi connectivity index (χ1) is 9.68. The van der Waals surface area contributed by atoms with E-state index < -0.39 is 6.10 Å². The molecule has 0 spiro atoms. The highest BCUT2D eigenvalue weighted by Gasteiger charge is 2.30. The second-order valence-electron chi connectivity index (χ2n) is 5.77. The van der Waals surface area contributed by atoms with Crippen molar-refractivity contribution >= 4 is 16.9 Å². The molecule has 1 aromatic rings. The molecule has 110 valence electrons. The quantitative estimate of drug-likeness (QED) is 0.890. The zero-order valence-corrected chi connectivity index (χ0v) is 12.9. The summed E-state index contributed by atoms with van der Waals surface area (Å²) in [7, 11) is 0. The van der Waals surface area contributed by atoms with Gasteiger partial charge in [0.25, 0.3) is 0 Å². The van der Waals surface area contributed by atoms with E-state index in [4.69, 9.17) is 0 Å². The van der Waals surface area contributed by atoms with Crippen LogP contribution in [0.3, 0.4) is 0 Å². The minimum Gasteiger partial charge on any atom is -0.392 e. The van der Waals surface area contributed by atoms with Crippen LogP contribution in [0.2, 0.25) is 0 Å². The van der Waals surface area contributed by atoms with Crippen molar-refractivity contribution < 1.29 is 9.90 Å². The second-order valence-corrected chi connectivity index (χ2v) is 6.75. The second kappa shape index (κ2) is 7.84. The molecule has 0 heterocycles. The Morgan fingerprint density at radius 2 is 1.90 bits per heavy atom. The lowest BCUT2D eigenvalue weighted by molar-refractivity contribution is -0.118. The van der Waals surface area contributed by atoms with Gasteiger partial charge in [-0.2, -0.15) is 0 Å². The van der Waals surface area contributed by atoms with Crippen LogP contribution in [0.15, 0.2) is 30.3 Å². The van der Waals surface area contributed by atoms with Crippen molar-refractivity contribution in [3.63, 3.8) is 0 Å². The minimum atomic E-state index is -0.467. The summed E-state index contributed by atoms with van der Waals surface area (Å²) in [6.07, 6.45) is 5.34. The summed E-state index contributed by atoms with van der Waals surface area (Å²) in [5, 5.41) is 10.5. The Morgan fingerprint density at radius 1 is 1.25 bits per heavy atom. The molecule has 0 saturated heterocycles. The Morgan fingerprint density at radius 3 is 2.55 bits per heavy atom. The fourth-order valence-corrected chi connectivity index (χ4v) is 3.79. The third-order valence-corrected chi connectivity index (χ3v) is 5.37. The standard InChI is InChI=1S/C17H24O2S/c1-13(16(18)15-10-6-3-7-11-15)17(19)20-12-14-8-4-2-5-9-14/h2,4-5,8-9,13,15-16,18H,3,6-7,10-12H2,1H3/t13-,16+/m0/s1. The van der Waals surface area contributed by atoms with Crippen LogP contribution in [0, 0.1) is 11.8 Å². The van der Waals surface area contributed by atoms with E-state index >= 15 is 0 Å². The number of aliphatic hydroxyl groups excluding tert-OH is 1. The lowest BCUT2D eigenvalue weighted by atomic mass is 9.81. The summed E-state index contributed by atoms with van der Waals surface area (Å²) in [5.74, 6) is 0.758. The Hall–Kier alpha value is -0.800. The van der Waals surface area contributed by atoms with Crippen LogP contribution < -0.4 is 0 Å². The van der Waals surface area contributed by atoms with Crippen molar-refractivity contribution in [1.82, 2.24) is 0 Å². The van der Waals surface area contributed by atoms with E-state index in [0.29, 0.717) is 11.7 Å². The molecule has 1 saturated carbocycles. The molecule has 20 heavy (non-hydrogen) atoms. The van der Waals surface area contributed by atoms with Crippen molar-refractivity contribution in [3.05, 3.63) is 35.9 Å². The summed E-state index contributed by atoms with van der Waals surface area (Å²) in [4.78, 5) is 12.2. The normalized spacial score (nSPS) is 19.5. The van der Waals surface area contributed by atoms with Crippen LogP contribution in [0.25, 0.3) is 0 Å². The topological polar surface area (TPSA) is 37.3 Å². The molecule has 0 radical (unpaired) electrons. The van der Waals surface area contributed by atoms with Crippen molar-refractivity contribution in [2.45, 2.75) is 50.9 Å². The number of carbonyl (C=O) groups is 1. The SMILES string of the molecule is C[C@H](C(=O)SCc1ccccc1)[C@@H](O)C1CCCCC1. The first kappa shape index (κ1) is 15.6. The number of carbonyl (C=O) groups excluding carboxylic acids is 1. The third-order valence-electron chi connectivity index (χ3n) is 4.24. The zero-order valence-electron chi connectivity index (χ0n) is 12.1.